The van der Waals surface area contributed by atoms with Crippen molar-refractivity contribution in [3.8, 4) is 5.75 Å². The van der Waals surface area contributed by atoms with Crippen LogP contribution in [0.4, 0.5) is 0 Å². The predicted octanol–water partition coefficient (Wildman–Crippen LogP) is 1.80. The zero-order chi connectivity index (χ0) is 17.1. The molecule has 1 atom stereocenters. The minimum Gasteiger partial charge on any atom is -0.508 e. The summed E-state index contributed by atoms with van der Waals surface area (Å²) in [6, 6.07) is 5.23. The standard InChI is InChI=1S/C19H29N3O2/c1-15-5-6-17(12-18(15)23)19(24)22-7-3-4-16(14-22)13-21-10-8-20(2)9-11-21/h5-6,12,16,23H,3-4,7-11,13-14H2,1-2H3. The van der Waals surface area contributed by atoms with Gasteiger partial charge in [-0.2, -0.15) is 0 Å². The highest BCUT2D eigenvalue weighted by molar-refractivity contribution is 5.94. The number of nitrogens with zero attached hydrogens (tertiary/aromatic N) is 3. The minimum absolute atomic E-state index is 0.0494. The molecule has 2 aliphatic heterocycles. The van der Waals surface area contributed by atoms with E-state index in [-0.39, 0.29) is 11.7 Å². The number of aromatic hydroxyl groups is 1. The SMILES string of the molecule is Cc1ccc(C(=O)N2CCCC(CN3CCN(C)CC3)C2)cc1O. The second-order valence-corrected chi connectivity index (χ2v) is 7.36. The Morgan fingerprint density at radius 3 is 2.67 bits per heavy atom. The number of rotatable bonds is 3. The van der Waals surface area contributed by atoms with E-state index in [4.69, 9.17) is 0 Å². The number of benzene rings is 1. The van der Waals surface area contributed by atoms with Gasteiger partial charge < -0.3 is 19.8 Å². The molecule has 1 aromatic carbocycles. The van der Waals surface area contributed by atoms with Crippen LogP contribution in [0.3, 0.4) is 0 Å². The molecule has 24 heavy (non-hydrogen) atoms. The third-order valence-electron chi connectivity index (χ3n) is 5.37. The van der Waals surface area contributed by atoms with Crippen molar-refractivity contribution in [1.82, 2.24) is 14.7 Å². The molecule has 0 bridgehead atoms. The number of piperidine rings is 1. The molecule has 0 aliphatic carbocycles. The van der Waals surface area contributed by atoms with E-state index in [0.29, 0.717) is 11.5 Å². The molecule has 5 heteroatoms. The molecule has 2 aliphatic rings. The van der Waals surface area contributed by atoms with Crippen molar-refractivity contribution in [3.05, 3.63) is 29.3 Å². The van der Waals surface area contributed by atoms with Crippen LogP contribution < -0.4 is 0 Å². The van der Waals surface area contributed by atoms with Gasteiger partial charge in [-0.25, -0.2) is 0 Å². The number of carbonyl (C=O) groups is 1. The maximum Gasteiger partial charge on any atom is 0.253 e. The summed E-state index contributed by atoms with van der Waals surface area (Å²) in [6.45, 7) is 9.13. The molecule has 5 nitrogen and oxygen atoms in total. The summed E-state index contributed by atoms with van der Waals surface area (Å²) in [5.41, 5.74) is 1.40. The normalized spacial score (nSPS) is 23.4. The Balaban J connectivity index is 1.58. The number of aryl methyl sites for hydroxylation is 1. The highest BCUT2D eigenvalue weighted by Crippen LogP contribution is 2.23. The highest BCUT2D eigenvalue weighted by Gasteiger charge is 2.27. The molecular weight excluding hydrogens is 302 g/mol. The van der Waals surface area contributed by atoms with Crippen LogP contribution in [0.5, 0.6) is 5.75 Å². The van der Waals surface area contributed by atoms with Gasteiger partial charge in [0.2, 0.25) is 0 Å². The molecule has 1 aromatic rings. The predicted molar refractivity (Wildman–Crippen MR) is 95.4 cm³/mol. The lowest BCUT2D eigenvalue weighted by molar-refractivity contribution is 0.0609. The summed E-state index contributed by atoms with van der Waals surface area (Å²) in [6.07, 6.45) is 2.28. The first-order valence-corrected chi connectivity index (χ1v) is 9.02. The maximum atomic E-state index is 12.7. The quantitative estimate of drug-likeness (QED) is 0.917. The molecule has 2 heterocycles. The molecule has 0 spiro atoms. The van der Waals surface area contributed by atoms with Crippen molar-refractivity contribution in [2.24, 2.45) is 5.92 Å². The van der Waals surface area contributed by atoms with E-state index in [0.717, 1.165) is 57.8 Å². The van der Waals surface area contributed by atoms with Crippen LogP contribution >= 0.6 is 0 Å². The van der Waals surface area contributed by atoms with Gasteiger partial charge >= 0.3 is 0 Å². The Hall–Kier alpha value is -1.59. The van der Waals surface area contributed by atoms with Crippen LogP contribution in [0.15, 0.2) is 18.2 Å². The fourth-order valence-corrected chi connectivity index (χ4v) is 3.72. The number of hydrogen-bond acceptors (Lipinski definition) is 4. The van der Waals surface area contributed by atoms with E-state index in [1.54, 1.807) is 6.07 Å². The third kappa shape index (κ3) is 4.08. The van der Waals surface area contributed by atoms with E-state index < -0.39 is 0 Å². The number of phenolic OH excluding ortho intramolecular Hbond substituents is 1. The van der Waals surface area contributed by atoms with E-state index in [2.05, 4.69) is 16.8 Å². The van der Waals surface area contributed by atoms with Crippen LogP contribution in [0, 0.1) is 12.8 Å². The van der Waals surface area contributed by atoms with Crippen molar-refractivity contribution in [2.45, 2.75) is 19.8 Å². The van der Waals surface area contributed by atoms with Crippen LogP contribution in [-0.2, 0) is 0 Å². The monoisotopic (exact) mass is 331 g/mol. The maximum absolute atomic E-state index is 12.7. The first-order chi connectivity index (χ1) is 11.5. The molecule has 2 fully saturated rings. The fraction of sp³-hybridized carbons (Fsp3) is 0.632. The number of hydrogen-bond donors (Lipinski definition) is 1. The molecule has 1 N–H and O–H groups in total. The van der Waals surface area contributed by atoms with Gasteiger partial charge in [0, 0.05) is 51.4 Å². The van der Waals surface area contributed by atoms with E-state index in [1.807, 2.05) is 24.0 Å². The Kier molecular flexibility index (Phi) is 5.41. The Morgan fingerprint density at radius 1 is 1.21 bits per heavy atom. The summed E-state index contributed by atoms with van der Waals surface area (Å²) in [7, 11) is 2.18. The molecule has 3 rings (SSSR count). The summed E-state index contributed by atoms with van der Waals surface area (Å²) in [5, 5.41) is 9.86. The number of piperazine rings is 1. The largest absolute Gasteiger partial charge is 0.508 e. The van der Waals surface area contributed by atoms with Crippen molar-refractivity contribution < 1.29 is 9.90 Å². The topological polar surface area (TPSA) is 47.0 Å². The number of carbonyl (C=O) groups excluding carboxylic acids is 1. The molecule has 0 radical (unpaired) electrons. The van der Waals surface area contributed by atoms with Gasteiger partial charge in [0.15, 0.2) is 0 Å². The zero-order valence-electron chi connectivity index (χ0n) is 14.9. The van der Waals surface area contributed by atoms with Gasteiger partial charge in [-0.1, -0.05) is 6.07 Å². The second kappa shape index (κ2) is 7.53. The second-order valence-electron chi connectivity index (χ2n) is 7.36. The Bertz CT molecular complexity index is 582. The van der Waals surface area contributed by atoms with Gasteiger partial charge in [-0.05, 0) is 50.4 Å². The minimum atomic E-state index is 0.0494. The van der Waals surface area contributed by atoms with Crippen LogP contribution in [0.25, 0.3) is 0 Å². The number of phenols is 1. The van der Waals surface area contributed by atoms with Crippen LogP contribution in [-0.4, -0.2) is 78.6 Å². The molecule has 2 saturated heterocycles. The number of likely N-dealkylation sites (tertiary alicyclic amines) is 1. The Morgan fingerprint density at radius 2 is 1.96 bits per heavy atom. The average Bonchev–Trinajstić information content (AvgIpc) is 2.59. The van der Waals surface area contributed by atoms with Crippen molar-refractivity contribution in [1.29, 1.82) is 0 Å². The first-order valence-electron chi connectivity index (χ1n) is 9.02. The summed E-state index contributed by atoms with van der Waals surface area (Å²) in [5.74, 6) is 0.811. The highest BCUT2D eigenvalue weighted by atomic mass is 16.3. The van der Waals surface area contributed by atoms with Gasteiger partial charge in [0.25, 0.3) is 5.91 Å². The van der Waals surface area contributed by atoms with Gasteiger partial charge in [0.05, 0.1) is 0 Å². The van der Waals surface area contributed by atoms with Crippen LogP contribution in [0.2, 0.25) is 0 Å². The molecule has 0 aromatic heterocycles. The molecule has 1 unspecified atom stereocenters. The van der Waals surface area contributed by atoms with Gasteiger partial charge in [-0.15, -0.1) is 0 Å². The summed E-state index contributed by atoms with van der Waals surface area (Å²) in [4.78, 5) is 19.6. The molecule has 0 saturated carbocycles. The van der Waals surface area contributed by atoms with E-state index in [9.17, 15) is 9.90 Å². The van der Waals surface area contributed by atoms with E-state index in [1.165, 1.54) is 6.42 Å². The lowest BCUT2D eigenvalue weighted by Gasteiger charge is -2.38. The lowest BCUT2D eigenvalue weighted by Crippen LogP contribution is -2.49. The molecular formula is C19H29N3O2. The zero-order valence-corrected chi connectivity index (χ0v) is 14.9. The van der Waals surface area contributed by atoms with Crippen LogP contribution in [0.1, 0.15) is 28.8 Å². The fourth-order valence-electron chi connectivity index (χ4n) is 3.72. The summed E-state index contributed by atoms with van der Waals surface area (Å²) < 4.78 is 0. The first kappa shape index (κ1) is 17.2. The average molecular weight is 331 g/mol. The van der Waals surface area contributed by atoms with E-state index >= 15 is 0 Å². The van der Waals surface area contributed by atoms with Gasteiger partial charge in [0.1, 0.15) is 5.75 Å². The van der Waals surface area contributed by atoms with Crippen molar-refractivity contribution >= 4 is 5.91 Å². The Labute approximate surface area is 144 Å². The number of likely N-dealkylation sites (N-methyl/N-ethyl adjacent to an activating group) is 1. The van der Waals surface area contributed by atoms with Crippen molar-refractivity contribution in [3.63, 3.8) is 0 Å². The molecule has 1 amide bonds. The lowest BCUT2D eigenvalue weighted by atomic mass is 9.96. The van der Waals surface area contributed by atoms with Gasteiger partial charge in [-0.3, -0.25) is 4.79 Å². The van der Waals surface area contributed by atoms with Crippen molar-refractivity contribution in [2.75, 3.05) is 52.9 Å². The number of amides is 1. The smallest absolute Gasteiger partial charge is 0.253 e. The summed E-state index contributed by atoms with van der Waals surface area (Å²) >= 11 is 0. The molecule has 132 valence electrons. The third-order valence-corrected chi connectivity index (χ3v) is 5.37.